The molecule has 0 aromatic heterocycles. The van der Waals surface area contributed by atoms with Crippen molar-refractivity contribution in [3.05, 3.63) is 48.1 Å². The Morgan fingerprint density at radius 3 is 2.38 bits per heavy atom. The van der Waals surface area contributed by atoms with Gasteiger partial charge in [-0.05, 0) is 101 Å². The van der Waals surface area contributed by atoms with E-state index in [1.54, 1.807) is 31.1 Å². The Kier molecular flexibility index (Phi) is 17.4. The van der Waals surface area contributed by atoms with Crippen LogP contribution in [0.4, 0.5) is 4.79 Å². The number of amides is 3. The number of carbonyl (C=O) groups excluding carboxylic acids is 4. The summed E-state index contributed by atoms with van der Waals surface area (Å²) in [6, 6.07) is 0. The van der Waals surface area contributed by atoms with Crippen LogP contribution in [0.3, 0.4) is 0 Å². The molecule has 13 nitrogen and oxygen atoms in total. The van der Waals surface area contributed by atoms with Crippen LogP contribution in [0.1, 0.15) is 113 Å². The number of unbranched alkanes of at least 4 members (excludes halogenated alkanes) is 3. The van der Waals surface area contributed by atoms with E-state index in [4.69, 9.17) is 14.2 Å². The van der Waals surface area contributed by atoms with Crippen LogP contribution in [0.15, 0.2) is 48.1 Å². The van der Waals surface area contributed by atoms with E-state index < -0.39 is 41.6 Å². The Bertz CT molecular complexity index is 1600. The molecule has 2 fully saturated rings. The van der Waals surface area contributed by atoms with Crippen molar-refractivity contribution in [3.8, 4) is 0 Å². The molecule has 0 radical (unpaired) electrons. The fourth-order valence-corrected chi connectivity index (χ4v) is 9.45. The first-order valence-electron chi connectivity index (χ1n) is 22.3. The molecule has 60 heavy (non-hydrogen) atoms. The molecule has 1 saturated carbocycles. The number of methoxy groups -OCH3 is 1. The smallest absolute Gasteiger partial charge is 0.410 e. The van der Waals surface area contributed by atoms with E-state index in [1.807, 2.05) is 45.9 Å². The molecular weight excluding hydrogens is 767 g/mol. The minimum absolute atomic E-state index is 0.0573. The van der Waals surface area contributed by atoms with Gasteiger partial charge in [0.1, 0.15) is 11.7 Å². The lowest BCUT2D eigenvalue weighted by molar-refractivity contribution is -0.913. The summed E-state index contributed by atoms with van der Waals surface area (Å²) in [6.45, 7) is 17.8. The average molecular weight is 843 g/mol. The molecule has 3 amide bonds. The highest BCUT2D eigenvalue weighted by Gasteiger charge is 2.55. The van der Waals surface area contributed by atoms with Gasteiger partial charge in [0.15, 0.2) is 6.10 Å². The van der Waals surface area contributed by atoms with Crippen molar-refractivity contribution in [2.75, 3.05) is 53.4 Å². The van der Waals surface area contributed by atoms with Crippen LogP contribution in [0.25, 0.3) is 0 Å². The second-order valence-corrected chi connectivity index (χ2v) is 19.3. The average Bonchev–Trinajstić information content (AvgIpc) is 3.75. The van der Waals surface area contributed by atoms with Crippen LogP contribution in [0.2, 0.25) is 0 Å². The number of esters is 1. The Morgan fingerprint density at radius 2 is 1.75 bits per heavy atom. The molecule has 0 aromatic carbocycles. The maximum atomic E-state index is 13.8. The highest BCUT2D eigenvalue weighted by molar-refractivity contribution is 6.12. The third-order valence-electron chi connectivity index (χ3n) is 13.9. The Labute approximate surface area is 359 Å². The predicted octanol–water partition coefficient (Wildman–Crippen LogP) is 5.87. The number of likely N-dealkylation sites (N-methyl/N-ethyl adjacent to an activating group) is 1. The number of carbonyl (C=O) groups is 4. The highest BCUT2D eigenvalue weighted by Crippen LogP contribution is 2.61. The van der Waals surface area contributed by atoms with Crippen LogP contribution in [0, 0.1) is 23.2 Å². The molecule has 0 aromatic rings. The summed E-state index contributed by atoms with van der Waals surface area (Å²) >= 11 is 0. The molecule has 3 heterocycles. The lowest BCUT2D eigenvalue weighted by atomic mass is 9.84. The minimum Gasteiger partial charge on any atom is -0.457 e. The Balaban J connectivity index is 1.37. The first-order valence-corrected chi connectivity index (χ1v) is 22.3. The van der Waals surface area contributed by atoms with E-state index in [9.17, 15) is 34.5 Å². The Morgan fingerprint density at radius 1 is 1.10 bits per heavy atom. The number of hydrogen-bond donors (Lipinski definition) is 3. The Hall–Kier alpha value is -3.36. The van der Waals surface area contributed by atoms with Crippen LogP contribution in [0.5, 0.6) is 0 Å². The van der Waals surface area contributed by atoms with Crippen LogP contribution < -0.4 is 0 Å². The van der Waals surface area contributed by atoms with Crippen LogP contribution in [-0.4, -0.2) is 143 Å². The number of piperazine rings is 1. The zero-order valence-corrected chi connectivity index (χ0v) is 37.9. The van der Waals surface area contributed by atoms with Crippen molar-refractivity contribution in [3.63, 3.8) is 0 Å². The van der Waals surface area contributed by atoms with Gasteiger partial charge >= 0.3 is 12.1 Å². The summed E-state index contributed by atoms with van der Waals surface area (Å²) in [5, 5.41) is 32.7. The van der Waals surface area contributed by atoms with Gasteiger partial charge in [-0.1, -0.05) is 58.4 Å². The first-order chi connectivity index (χ1) is 28.1. The van der Waals surface area contributed by atoms with Gasteiger partial charge in [-0.25, -0.2) is 4.79 Å². The summed E-state index contributed by atoms with van der Waals surface area (Å²) in [5.74, 6) is -0.806. The van der Waals surface area contributed by atoms with Gasteiger partial charge in [-0.3, -0.25) is 24.2 Å². The summed E-state index contributed by atoms with van der Waals surface area (Å²) in [6.07, 6.45) is 14.9. The van der Waals surface area contributed by atoms with Crippen molar-refractivity contribution >= 4 is 23.9 Å². The molecule has 338 valence electrons. The van der Waals surface area contributed by atoms with Gasteiger partial charge < -0.3 is 34.0 Å². The van der Waals surface area contributed by atoms with Crippen molar-refractivity contribution in [2.45, 2.75) is 148 Å². The molecule has 0 spiro atoms. The van der Waals surface area contributed by atoms with Crippen molar-refractivity contribution < 1.29 is 53.2 Å². The minimum atomic E-state index is -1.08. The highest BCUT2D eigenvalue weighted by atomic mass is 16.6. The topological polar surface area (TPSA) is 163 Å². The van der Waals surface area contributed by atoms with Gasteiger partial charge in [0, 0.05) is 31.7 Å². The number of hydrogen-bond acceptors (Lipinski definition) is 10. The molecular formula is C47H76N3O10+. The summed E-state index contributed by atoms with van der Waals surface area (Å²) in [4.78, 5) is 53.5. The van der Waals surface area contributed by atoms with Crippen molar-refractivity contribution in [2.24, 2.45) is 23.2 Å². The number of aliphatic hydroxyl groups excluding tert-OH is 2. The lowest BCUT2D eigenvalue weighted by Gasteiger charge is -2.42. The predicted molar refractivity (Wildman–Crippen MR) is 230 cm³/mol. The SMILES string of the molecule is CC[C@H](O)C(C)C1CC1(C)C[C@@](C)(O)/C=C/C=C(\C)[C@H]1OC(=O)C[C@H](O)CC[C@@](C)(OC)[C@@H](OC(=O)N2CC[N+](C)(CCCCCCN3C(=O)C=CC3=O)CC2)/C=C/[C@@H]1C. The standard InChI is InChI=1S/C47H76N3O10/c1-10-38(52)35(4)37-31-45(37,5)32-46(6,57)22-15-16-33(2)43-34(3)17-18-39(47(7,58-9)23-21-36(51)30-42(55)60-43)59-44(56)48-25-28-50(8,29-26-48)27-14-12-11-13-24-49-40(53)19-20-41(49)54/h15-20,22,34-39,43,51-52,57H,10-14,21,23-32H2,1-9H3/q+1/b18-17+,22-15+,33-16+/t34-,35?,36+,37?,38-,39-,43+,45?,46-,47+/m0/s1. The number of allylic oxidation sites excluding steroid dienone is 2. The summed E-state index contributed by atoms with van der Waals surface area (Å²) in [7, 11) is 3.77. The molecule has 13 heteroatoms. The summed E-state index contributed by atoms with van der Waals surface area (Å²) in [5.41, 5.74) is -1.37. The molecule has 3 aliphatic heterocycles. The second kappa shape index (κ2) is 21.1. The van der Waals surface area contributed by atoms with Crippen LogP contribution in [-0.2, 0) is 28.6 Å². The van der Waals surface area contributed by atoms with Gasteiger partial charge in [0.25, 0.3) is 11.8 Å². The van der Waals surface area contributed by atoms with E-state index in [1.165, 1.54) is 17.1 Å². The van der Waals surface area contributed by atoms with Gasteiger partial charge in [0.05, 0.1) is 64.0 Å². The number of rotatable bonds is 17. The van der Waals surface area contributed by atoms with Crippen molar-refractivity contribution in [1.29, 1.82) is 0 Å². The summed E-state index contributed by atoms with van der Waals surface area (Å²) < 4.78 is 19.1. The third-order valence-corrected chi connectivity index (χ3v) is 13.9. The van der Waals surface area contributed by atoms with E-state index in [0.717, 1.165) is 61.8 Å². The number of nitrogens with zero attached hydrogens (tertiary/aromatic N) is 3. The van der Waals surface area contributed by atoms with Gasteiger partial charge in [-0.2, -0.15) is 0 Å². The maximum absolute atomic E-state index is 13.8. The number of quaternary nitrogens is 1. The van der Waals surface area contributed by atoms with E-state index in [0.29, 0.717) is 44.8 Å². The maximum Gasteiger partial charge on any atom is 0.410 e. The monoisotopic (exact) mass is 843 g/mol. The molecule has 1 saturated heterocycles. The van der Waals surface area contributed by atoms with Crippen molar-refractivity contribution in [1.82, 2.24) is 9.80 Å². The zero-order chi connectivity index (χ0) is 44.5. The normalized spacial score (nSPS) is 32.8. The number of ether oxygens (including phenoxy) is 3. The molecule has 4 aliphatic rings. The largest absolute Gasteiger partial charge is 0.457 e. The molecule has 1 aliphatic carbocycles. The molecule has 4 rings (SSSR count). The van der Waals surface area contributed by atoms with Crippen LogP contribution >= 0.6 is 0 Å². The zero-order valence-electron chi connectivity index (χ0n) is 37.9. The van der Waals surface area contributed by atoms with E-state index in [2.05, 4.69) is 20.9 Å². The molecule has 0 bridgehead atoms. The fraction of sp³-hybridized carbons (Fsp3) is 0.745. The van der Waals surface area contributed by atoms with Gasteiger partial charge in [0.2, 0.25) is 0 Å². The number of imide groups is 1. The lowest BCUT2D eigenvalue weighted by Crippen LogP contribution is -2.59. The number of cyclic esters (lactones) is 1. The van der Waals surface area contributed by atoms with Gasteiger partial charge in [-0.15, -0.1) is 0 Å². The van der Waals surface area contributed by atoms with E-state index >= 15 is 0 Å². The molecule has 10 atom stereocenters. The van der Waals surface area contributed by atoms with E-state index in [-0.39, 0.29) is 48.0 Å². The fourth-order valence-electron chi connectivity index (χ4n) is 9.45. The first kappa shape index (κ1) is 49.3. The second-order valence-electron chi connectivity index (χ2n) is 19.3. The molecule has 3 N–H and O–H groups in total. The quantitative estimate of drug-likeness (QED) is 0.0403. The third kappa shape index (κ3) is 13.6. The molecule has 3 unspecified atom stereocenters. The number of aliphatic hydroxyl groups is 3.